The first-order valence-electron chi connectivity index (χ1n) is 6.78. The van der Waals surface area contributed by atoms with Crippen LogP contribution in [0, 0.1) is 0 Å². The molecular weight excluding hydrogens is 224 g/mol. The molecule has 0 aliphatic heterocycles. The Labute approximate surface area is 111 Å². The number of hydrogen-bond donors (Lipinski definition) is 2. The molecule has 0 saturated heterocycles. The SMILES string of the molecule is CCNC(CCN(C)CC(C)O)c1ccccc1. The lowest BCUT2D eigenvalue weighted by Gasteiger charge is -2.23. The third kappa shape index (κ3) is 5.63. The minimum Gasteiger partial charge on any atom is -0.392 e. The smallest absolute Gasteiger partial charge is 0.0638 e. The van der Waals surface area contributed by atoms with Crippen LogP contribution in [0.5, 0.6) is 0 Å². The zero-order valence-corrected chi connectivity index (χ0v) is 11.8. The molecule has 0 amide bonds. The van der Waals surface area contributed by atoms with E-state index in [1.54, 1.807) is 0 Å². The van der Waals surface area contributed by atoms with Crippen LogP contribution in [0.2, 0.25) is 0 Å². The molecule has 1 rings (SSSR count). The van der Waals surface area contributed by atoms with Crippen LogP contribution in [0.25, 0.3) is 0 Å². The minimum absolute atomic E-state index is 0.260. The number of nitrogens with zero attached hydrogens (tertiary/aromatic N) is 1. The van der Waals surface area contributed by atoms with Gasteiger partial charge in [0.2, 0.25) is 0 Å². The average Bonchev–Trinajstić information content (AvgIpc) is 2.34. The summed E-state index contributed by atoms with van der Waals surface area (Å²) in [6, 6.07) is 10.9. The Kier molecular flexibility index (Phi) is 6.94. The standard InChI is InChI=1S/C15H26N2O/c1-4-16-15(14-8-6-5-7-9-14)10-11-17(3)12-13(2)18/h5-9,13,15-16,18H,4,10-12H2,1-3H3. The van der Waals surface area contributed by atoms with Crippen molar-refractivity contribution in [1.29, 1.82) is 0 Å². The van der Waals surface area contributed by atoms with Gasteiger partial charge in [-0.25, -0.2) is 0 Å². The predicted molar refractivity (Wildman–Crippen MR) is 76.7 cm³/mol. The fourth-order valence-corrected chi connectivity index (χ4v) is 2.21. The molecule has 18 heavy (non-hydrogen) atoms. The molecular formula is C15H26N2O. The number of nitrogens with one attached hydrogen (secondary N) is 1. The second kappa shape index (κ2) is 8.25. The van der Waals surface area contributed by atoms with Crippen LogP contribution in [-0.4, -0.2) is 42.8 Å². The summed E-state index contributed by atoms with van der Waals surface area (Å²) in [5.74, 6) is 0. The number of aliphatic hydroxyl groups is 1. The summed E-state index contributed by atoms with van der Waals surface area (Å²) in [6.07, 6.45) is 0.797. The van der Waals surface area contributed by atoms with Crippen LogP contribution in [-0.2, 0) is 0 Å². The van der Waals surface area contributed by atoms with Gasteiger partial charge in [0.1, 0.15) is 0 Å². The van der Waals surface area contributed by atoms with Gasteiger partial charge in [-0.1, -0.05) is 37.3 Å². The second-order valence-electron chi connectivity index (χ2n) is 4.92. The van der Waals surface area contributed by atoms with E-state index in [2.05, 4.69) is 48.5 Å². The van der Waals surface area contributed by atoms with Gasteiger partial charge < -0.3 is 15.3 Å². The lowest BCUT2D eigenvalue weighted by Crippen LogP contribution is -2.31. The van der Waals surface area contributed by atoms with Crippen LogP contribution in [0.4, 0.5) is 0 Å². The monoisotopic (exact) mass is 250 g/mol. The van der Waals surface area contributed by atoms with Gasteiger partial charge in [-0.15, -0.1) is 0 Å². The molecule has 0 radical (unpaired) electrons. The number of benzene rings is 1. The molecule has 1 aromatic carbocycles. The molecule has 0 aliphatic rings. The Morgan fingerprint density at radius 3 is 2.50 bits per heavy atom. The van der Waals surface area contributed by atoms with Gasteiger partial charge in [-0.05, 0) is 39.0 Å². The van der Waals surface area contributed by atoms with Crippen LogP contribution >= 0.6 is 0 Å². The summed E-state index contributed by atoms with van der Waals surface area (Å²) in [5, 5.41) is 12.9. The van der Waals surface area contributed by atoms with Crippen molar-refractivity contribution in [3.05, 3.63) is 35.9 Å². The van der Waals surface area contributed by atoms with E-state index in [1.165, 1.54) is 5.56 Å². The van der Waals surface area contributed by atoms with E-state index in [1.807, 2.05) is 13.0 Å². The summed E-state index contributed by atoms with van der Waals surface area (Å²) in [4.78, 5) is 2.18. The average molecular weight is 250 g/mol. The van der Waals surface area contributed by atoms with Crippen molar-refractivity contribution in [3.8, 4) is 0 Å². The Morgan fingerprint density at radius 1 is 1.28 bits per heavy atom. The molecule has 0 heterocycles. The Bertz CT molecular complexity index is 314. The van der Waals surface area contributed by atoms with Crippen LogP contribution in [0.15, 0.2) is 30.3 Å². The number of rotatable bonds is 8. The van der Waals surface area contributed by atoms with E-state index < -0.39 is 0 Å². The lowest BCUT2D eigenvalue weighted by atomic mass is 10.0. The van der Waals surface area contributed by atoms with E-state index in [0.29, 0.717) is 6.04 Å². The molecule has 0 aliphatic carbocycles. The zero-order valence-electron chi connectivity index (χ0n) is 11.8. The maximum absolute atomic E-state index is 9.35. The first-order valence-corrected chi connectivity index (χ1v) is 6.78. The van der Waals surface area contributed by atoms with Gasteiger partial charge in [0.15, 0.2) is 0 Å². The van der Waals surface area contributed by atoms with Crippen molar-refractivity contribution >= 4 is 0 Å². The van der Waals surface area contributed by atoms with Gasteiger partial charge in [0, 0.05) is 12.6 Å². The van der Waals surface area contributed by atoms with Crippen LogP contribution < -0.4 is 5.32 Å². The molecule has 0 saturated carbocycles. The quantitative estimate of drug-likeness (QED) is 0.741. The molecule has 0 spiro atoms. The minimum atomic E-state index is -0.260. The highest BCUT2D eigenvalue weighted by atomic mass is 16.3. The van der Waals surface area contributed by atoms with Gasteiger partial charge >= 0.3 is 0 Å². The topological polar surface area (TPSA) is 35.5 Å². The highest BCUT2D eigenvalue weighted by molar-refractivity contribution is 5.18. The van der Waals surface area contributed by atoms with E-state index >= 15 is 0 Å². The Balaban J connectivity index is 2.48. The van der Waals surface area contributed by atoms with E-state index in [9.17, 15) is 5.11 Å². The van der Waals surface area contributed by atoms with Crippen molar-refractivity contribution in [1.82, 2.24) is 10.2 Å². The molecule has 2 unspecified atom stereocenters. The van der Waals surface area contributed by atoms with Crippen molar-refractivity contribution in [2.75, 3.05) is 26.7 Å². The van der Waals surface area contributed by atoms with Gasteiger partial charge in [0.05, 0.1) is 6.10 Å². The molecule has 0 aromatic heterocycles. The molecule has 0 fully saturated rings. The van der Waals surface area contributed by atoms with Gasteiger partial charge in [0.25, 0.3) is 0 Å². The third-order valence-electron chi connectivity index (χ3n) is 3.03. The molecule has 102 valence electrons. The first kappa shape index (κ1) is 15.2. The highest BCUT2D eigenvalue weighted by Crippen LogP contribution is 2.16. The van der Waals surface area contributed by atoms with Crippen molar-refractivity contribution < 1.29 is 5.11 Å². The molecule has 3 nitrogen and oxygen atoms in total. The summed E-state index contributed by atoms with van der Waals surface area (Å²) >= 11 is 0. The number of hydrogen-bond acceptors (Lipinski definition) is 3. The zero-order chi connectivity index (χ0) is 13.4. The van der Waals surface area contributed by atoms with Crippen molar-refractivity contribution in [3.63, 3.8) is 0 Å². The van der Waals surface area contributed by atoms with E-state index in [-0.39, 0.29) is 6.10 Å². The molecule has 3 heteroatoms. The summed E-state index contributed by atoms with van der Waals surface area (Å²) < 4.78 is 0. The van der Waals surface area contributed by atoms with E-state index in [0.717, 1.165) is 26.1 Å². The highest BCUT2D eigenvalue weighted by Gasteiger charge is 2.11. The fourth-order valence-electron chi connectivity index (χ4n) is 2.21. The predicted octanol–water partition coefficient (Wildman–Crippen LogP) is 2.04. The number of aliphatic hydroxyl groups excluding tert-OH is 1. The van der Waals surface area contributed by atoms with Gasteiger partial charge in [-0.2, -0.15) is 0 Å². The number of likely N-dealkylation sites (N-methyl/N-ethyl adjacent to an activating group) is 1. The molecule has 2 N–H and O–H groups in total. The summed E-state index contributed by atoms with van der Waals surface area (Å²) in [6.45, 7) is 6.65. The summed E-state index contributed by atoms with van der Waals surface area (Å²) in [7, 11) is 2.06. The normalized spacial score (nSPS) is 14.7. The lowest BCUT2D eigenvalue weighted by molar-refractivity contribution is 0.139. The maximum Gasteiger partial charge on any atom is 0.0638 e. The Hall–Kier alpha value is -0.900. The fraction of sp³-hybridized carbons (Fsp3) is 0.600. The molecule has 0 bridgehead atoms. The Morgan fingerprint density at radius 2 is 1.94 bits per heavy atom. The first-order chi connectivity index (χ1) is 8.63. The largest absolute Gasteiger partial charge is 0.392 e. The van der Waals surface area contributed by atoms with Crippen molar-refractivity contribution in [2.45, 2.75) is 32.4 Å². The van der Waals surface area contributed by atoms with Crippen LogP contribution in [0.1, 0.15) is 31.9 Å². The summed E-state index contributed by atoms with van der Waals surface area (Å²) in [5.41, 5.74) is 1.34. The maximum atomic E-state index is 9.35. The van der Waals surface area contributed by atoms with Crippen molar-refractivity contribution in [2.24, 2.45) is 0 Å². The second-order valence-corrected chi connectivity index (χ2v) is 4.92. The molecule has 2 atom stereocenters. The van der Waals surface area contributed by atoms with Gasteiger partial charge in [-0.3, -0.25) is 0 Å². The van der Waals surface area contributed by atoms with Crippen LogP contribution in [0.3, 0.4) is 0 Å². The third-order valence-corrected chi connectivity index (χ3v) is 3.03. The van der Waals surface area contributed by atoms with E-state index in [4.69, 9.17) is 0 Å². The molecule has 1 aromatic rings.